The molecule has 0 amide bonds. The summed E-state index contributed by atoms with van der Waals surface area (Å²) in [5.41, 5.74) is 7.18. The van der Waals surface area contributed by atoms with Gasteiger partial charge in [-0.15, -0.1) is 24.0 Å². The Hall–Kier alpha value is -1.06. The van der Waals surface area contributed by atoms with Gasteiger partial charge in [-0.3, -0.25) is 4.90 Å². The van der Waals surface area contributed by atoms with Crippen molar-refractivity contribution in [1.29, 1.82) is 0 Å². The minimum atomic E-state index is 0. The highest BCUT2D eigenvalue weighted by Gasteiger charge is 2.18. The predicted octanol–water partition coefficient (Wildman–Crippen LogP) is 3.53. The van der Waals surface area contributed by atoms with Crippen LogP contribution in [0.25, 0.3) is 0 Å². The summed E-state index contributed by atoms with van der Waals surface area (Å²) in [6.45, 7) is 3.93. The van der Waals surface area contributed by atoms with Gasteiger partial charge in [0.1, 0.15) is 12.4 Å². The standard InChI is InChI=1S/C22H36N4O2.HI/c1-26(20-10-13-27-14-11-20)12-15-28-21-9-5-6-18(16-21)17-24-22(23)25-19-7-3-2-4-8-19;/h5-6,9,16,19-20H,2-4,7-8,10-15,17H2,1H3,(H3,23,24,25);1H. The third kappa shape index (κ3) is 8.68. The summed E-state index contributed by atoms with van der Waals surface area (Å²) < 4.78 is 11.4. The fraction of sp³-hybridized carbons (Fsp3) is 0.682. The zero-order valence-corrected chi connectivity index (χ0v) is 20.0. The fourth-order valence-electron chi connectivity index (χ4n) is 4.03. The monoisotopic (exact) mass is 516 g/mol. The van der Waals surface area contributed by atoms with Crippen LogP contribution in [0, 0.1) is 0 Å². The molecule has 0 bridgehead atoms. The number of hydrogen-bond acceptors (Lipinski definition) is 4. The van der Waals surface area contributed by atoms with Gasteiger partial charge in [0.2, 0.25) is 0 Å². The lowest BCUT2D eigenvalue weighted by Crippen LogP contribution is -2.41. The fourth-order valence-corrected chi connectivity index (χ4v) is 4.03. The van der Waals surface area contributed by atoms with Crippen LogP contribution in [0.15, 0.2) is 29.3 Å². The van der Waals surface area contributed by atoms with Crippen molar-refractivity contribution in [3.8, 4) is 5.75 Å². The molecular formula is C22H37IN4O2. The Morgan fingerprint density at radius 3 is 2.72 bits per heavy atom. The van der Waals surface area contributed by atoms with Crippen LogP contribution in [0.4, 0.5) is 0 Å². The molecule has 3 N–H and O–H groups in total. The molecule has 1 saturated carbocycles. The first kappa shape index (κ1) is 24.2. The minimum Gasteiger partial charge on any atom is -0.492 e. The van der Waals surface area contributed by atoms with E-state index in [1.165, 1.54) is 32.1 Å². The quantitative estimate of drug-likeness (QED) is 0.314. The summed E-state index contributed by atoms with van der Waals surface area (Å²) in [5.74, 6) is 1.45. The lowest BCUT2D eigenvalue weighted by atomic mass is 9.96. The molecule has 0 atom stereocenters. The average molecular weight is 516 g/mol. The molecule has 1 aromatic rings. The summed E-state index contributed by atoms with van der Waals surface area (Å²) in [6, 6.07) is 9.25. The van der Waals surface area contributed by atoms with Crippen LogP contribution < -0.4 is 15.8 Å². The third-order valence-electron chi connectivity index (χ3n) is 5.81. The maximum Gasteiger partial charge on any atom is 0.189 e. The highest BCUT2D eigenvalue weighted by molar-refractivity contribution is 14.0. The number of guanidine groups is 1. The molecule has 1 aromatic carbocycles. The lowest BCUT2D eigenvalue weighted by Gasteiger charge is -2.31. The van der Waals surface area contributed by atoms with E-state index in [4.69, 9.17) is 15.2 Å². The number of ether oxygens (including phenoxy) is 2. The van der Waals surface area contributed by atoms with Gasteiger partial charge in [0.15, 0.2) is 5.96 Å². The number of rotatable bonds is 8. The first-order valence-corrected chi connectivity index (χ1v) is 10.8. The van der Waals surface area contributed by atoms with Crippen LogP contribution in [0.3, 0.4) is 0 Å². The molecule has 29 heavy (non-hydrogen) atoms. The van der Waals surface area contributed by atoms with E-state index in [1.807, 2.05) is 12.1 Å². The molecule has 0 spiro atoms. The molecule has 3 rings (SSSR count). The first-order chi connectivity index (χ1) is 13.7. The molecule has 1 aliphatic carbocycles. The summed E-state index contributed by atoms with van der Waals surface area (Å²) in [4.78, 5) is 6.89. The van der Waals surface area contributed by atoms with Crippen molar-refractivity contribution in [3.63, 3.8) is 0 Å². The van der Waals surface area contributed by atoms with Crippen molar-refractivity contribution in [1.82, 2.24) is 10.2 Å². The van der Waals surface area contributed by atoms with E-state index in [1.54, 1.807) is 0 Å². The Morgan fingerprint density at radius 1 is 1.21 bits per heavy atom. The largest absolute Gasteiger partial charge is 0.492 e. The van der Waals surface area contributed by atoms with Crippen molar-refractivity contribution in [3.05, 3.63) is 29.8 Å². The van der Waals surface area contributed by atoms with Crippen molar-refractivity contribution in [2.45, 2.75) is 63.6 Å². The number of nitrogens with one attached hydrogen (secondary N) is 1. The lowest BCUT2D eigenvalue weighted by molar-refractivity contribution is 0.0392. The van der Waals surface area contributed by atoms with Gasteiger partial charge in [-0.05, 0) is 50.4 Å². The number of aliphatic imine (C=N–C) groups is 1. The van der Waals surface area contributed by atoms with Gasteiger partial charge >= 0.3 is 0 Å². The molecule has 1 heterocycles. The second-order valence-corrected chi connectivity index (χ2v) is 8.00. The van der Waals surface area contributed by atoms with Crippen LogP contribution in [0.1, 0.15) is 50.5 Å². The Bertz CT molecular complexity index is 617. The summed E-state index contributed by atoms with van der Waals surface area (Å²) in [5, 5.41) is 3.36. The average Bonchev–Trinajstić information content (AvgIpc) is 2.74. The van der Waals surface area contributed by atoms with Crippen LogP contribution in [-0.2, 0) is 11.3 Å². The maximum absolute atomic E-state index is 6.07. The molecule has 0 unspecified atom stereocenters. The van der Waals surface area contributed by atoms with Gasteiger partial charge in [0, 0.05) is 31.8 Å². The van der Waals surface area contributed by atoms with E-state index in [0.717, 1.165) is 43.9 Å². The van der Waals surface area contributed by atoms with E-state index < -0.39 is 0 Å². The summed E-state index contributed by atoms with van der Waals surface area (Å²) in [7, 11) is 2.17. The molecule has 2 fully saturated rings. The van der Waals surface area contributed by atoms with E-state index in [9.17, 15) is 0 Å². The van der Waals surface area contributed by atoms with Crippen molar-refractivity contribution in [2.24, 2.45) is 10.7 Å². The normalized spacial score (nSPS) is 19.0. The Balaban J connectivity index is 0.00000300. The SMILES string of the molecule is CN(CCOc1cccc(CN=C(N)NC2CCCCC2)c1)C1CCOCC1.I. The maximum atomic E-state index is 6.07. The van der Waals surface area contributed by atoms with Crippen LogP contribution in [0.2, 0.25) is 0 Å². The minimum absolute atomic E-state index is 0. The molecule has 0 radical (unpaired) electrons. The highest BCUT2D eigenvalue weighted by Crippen LogP contribution is 2.18. The Kier molecular flexibility index (Phi) is 11.1. The third-order valence-corrected chi connectivity index (χ3v) is 5.81. The summed E-state index contributed by atoms with van der Waals surface area (Å²) >= 11 is 0. The molecule has 7 heteroatoms. The van der Waals surface area contributed by atoms with Gasteiger partial charge in [-0.25, -0.2) is 4.99 Å². The van der Waals surface area contributed by atoms with Gasteiger partial charge in [-0.1, -0.05) is 31.4 Å². The zero-order chi connectivity index (χ0) is 19.6. The second-order valence-electron chi connectivity index (χ2n) is 8.00. The number of likely N-dealkylation sites (N-methyl/N-ethyl adjacent to an activating group) is 1. The second kappa shape index (κ2) is 13.3. The first-order valence-electron chi connectivity index (χ1n) is 10.8. The van der Waals surface area contributed by atoms with Gasteiger partial charge in [-0.2, -0.15) is 0 Å². The van der Waals surface area contributed by atoms with Crippen LogP contribution in [-0.4, -0.2) is 56.4 Å². The van der Waals surface area contributed by atoms with Crippen molar-refractivity contribution in [2.75, 3.05) is 33.4 Å². The van der Waals surface area contributed by atoms with Gasteiger partial charge in [0.25, 0.3) is 0 Å². The van der Waals surface area contributed by atoms with Crippen LogP contribution >= 0.6 is 24.0 Å². The Morgan fingerprint density at radius 2 is 1.97 bits per heavy atom. The summed E-state index contributed by atoms with van der Waals surface area (Å²) in [6.07, 6.45) is 8.53. The Labute approximate surface area is 192 Å². The highest BCUT2D eigenvalue weighted by atomic mass is 127. The molecule has 6 nitrogen and oxygen atoms in total. The number of nitrogens with zero attached hydrogens (tertiary/aromatic N) is 2. The van der Waals surface area contributed by atoms with Gasteiger partial charge in [0.05, 0.1) is 6.54 Å². The molecule has 2 aliphatic rings. The zero-order valence-electron chi connectivity index (χ0n) is 17.6. The van der Waals surface area contributed by atoms with E-state index in [2.05, 4.69) is 34.4 Å². The van der Waals surface area contributed by atoms with Gasteiger partial charge < -0.3 is 20.5 Å². The number of halogens is 1. The smallest absolute Gasteiger partial charge is 0.189 e. The number of benzene rings is 1. The van der Waals surface area contributed by atoms with E-state index in [-0.39, 0.29) is 24.0 Å². The topological polar surface area (TPSA) is 72.1 Å². The molecule has 1 aliphatic heterocycles. The van der Waals surface area contributed by atoms with Crippen molar-refractivity contribution < 1.29 is 9.47 Å². The predicted molar refractivity (Wildman–Crippen MR) is 129 cm³/mol. The van der Waals surface area contributed by atoms with Crippen molar-refractivity contribution >= 4 is 29.9 Å². The molecule has 164 valence electrons. The number of hydrogen-bond donors (Lipinski definition) is 2. The number of nitrogens with two attached hydrogens (primary N) is 1. The van der Waals surface area contributed by atoms with E-state index >= 15 is 0 Å². The van der Waals surface area contributed by atoms with Crippen LogP contribution in [0.5, 0.6) is 5.75 Å². The molecule has 0 aromatic heterocycles. The molecular weight excluding hydrogens is 479 g/mol. The molecule has 1 saturated heterocycles. The van der Waals surface area contributed by atoms with E-state index in [0.29, 0.717) is 31.2 Å².